The molecule has 0 spiro atoms. The van der Waals surface area contributed by atoms with Gasteiger partial charge in [-0.25, -0.2) is 0 Å². The van der Waals surface area contributed by atoms with Gasteiger partial charge in [0.25, 0.3) is 0 Å². The molecule has 0 aromatic carbocycles. The van der Waals surface area contributed by atoms with Gasteiger partial charge in [0, 0.05) is 0 Å². The second-order valence-corrected chi connectivity index (χ2v) is 2.34. The van der Waals surface area contributed by atoms with Gasteiger partial charge in [-0.05, 0) is 0 Å². The van der Waals surface area contributed by atoms with Gasteiger partial charge in [0.2, 0.25) is 0 Å². The van der Waals surface area contributed by atoms with Crippen molar-refractivity contribution >= 4 is 0 Å². The Morgan fingerprint density at radius 1 is 0.500 bits per heavy atom. The maximum atomic E-state index is 8.52. The van der Waals surface area contributed by atoms with Crippen molar-refractivity contribution in [3.05, 3.63) is 0 Å². The summed E-state index contributed by atoms with van der Waals surface area (Å²) in [6.07, 6.45) is 0. The van der Waals surface area contributed by atoms with E-state index in [-0.39, 0.29) is 34.1 Å². The molecule has 14 heteroatoms. The molecule has 0 aliphatic carbocycles. The number of rotatable bonds is 0. The van der Waals surface area contributed by atoms with Gasteiger partial charge in [0.15, 0.2) is 0 Å². The molecule has 0 N–H and O–H groups in total. The SMILES string of the molecule is [Fe+3].[Fe+3].[O]=[Mn]([O-])[O-].[O]=[Mn]([O-])[O-].[O]=[Mn]([O-])[O-]. The van der Waals surface area contributed by atoms with Gasteiger partial charge in [-0.1, -0.05) is 0 Å². The first kappa shape index (κ1) is 29.7. The molecule has 0 amide bonds. The monoisotopic (exact) mass is 421 g/mol. The van der Waals surface area contributed by atoms with E-state index in [1.807, 2.05) is 0 Å². The first-order valence-electron chi connectivity index (χ1n) is 1.39. The van der Waals surface area contributed by atoms with Crippen LogP contribution in [0, 0.1) is 0 Å². The fourth-order valence-corrected chi connectivity index (χ4v) is 0. The molecule has 2 radical (unpaired) electrons. The van der Waals surface area contributed by atoms with E-state index >= 15 is 0 Å². The Morgan fingerprint density at radius 3 is 0.500 bits per heavy atom. The van der Waals surface area contributed by atoms with Crippen molar-refractivity contribution in [2.75, 3.05) is 0 Å². The predicted molar refractivity (Wildman–Crippen MR) is 2.06 cm³/mol. The molecule has 0 atom stereocenters. The quantitative estimate of drug-likeness (QED) is 0.342. The zero-order valence-electron chi connectivity index (χ0n) is 5.52. The Bertz CT molecular complexity index is 116. The minimum atomic E-state index is -3.65. The summed E-state index contributed by atoms with van der Waals surface area (Å²) in [7, 11) is 0. The van der Waals surface area contributed by atoms with Crippen LogP contribution in [-0.2, 0) is 89.1 Å². The topological polar surface area (TPSA) is 190 Å². The molecule has 0 rings (SSSR count). The molecule has 0 aromatic rings. The summed E-state index contributed by atoms with van der Waals surface area (Å²) >= 11 is -10.9. The van der Waals surface area contributed by atoms with E-state index in [1.54, 1.807) is 0 Å². The second-order valence-electron chi connectivity index (χ2n) is 0.567. The van der Waals surface area contributed by atoms with Crippen molar-refractivity contribution < 1.29 is 114 Å². The van der Waals surface area contributed by atoms with Gasteiger partial charge in [0.1, 0.15) is 0 Å². The zero-order valence-corrected chi connectivity index (χ0v) is 11.3. The average molecular weight is 420 g/mol. The Kier molecular flexibility index (Phi) is 51.1. The maximum absolute atomic E-state index is 8.52. The number of hydrogen-bond donors (Lipinski definition) is 0. The molecular formula is Fe2Mn3O9. The van der Waals surface area contributed by atoms with Crippen molar-refractivity contribution in [1.29, 1.82) is 0 Å². The van der Waals surface area contributed by atoms with Crippen LogP contribution in [-0.4, -0.2) is 0 Å². The van der Waals surface area contributed by atoms with Gasteiger partial charge in [-0.15, -0.1) is 0 Å². The molecule has 14 heavy (non-hydrogen) atoms. The van der Waals surface area contributed by atoms with Crippen molar-refractivity contribution in [2.45, 2.75) is 0 Å². The summed E-state index contributed by atoms with van der Waals surface area (Å²) in [6.45, 7) is 0. The molecule has 0 aliphatic heterocycles. The first-order chi connectivity index (χ1) is 5.20. The van der Waals surface area contributed by atoms with Crippen LogP contribution < -0.4 is 25.1 Å². The first-order valence-corrected chi connectivity index (χ1v) is 5.73. The summed E-state index contributed by atoms with van der Waals surface area (Å²) < 4.78 is 76.7. The molecule has 0 fully saturated rings. The molecule has 0 aromatic heterocycles. The van der Waals surface area contributed by atoms with Crippen molar-refractivity contribution in [3.63, 3.8) is 0 Å². The molecule has 0 unspecified atom stereocenters. The Hall–Kier alpha value is 1.76. The third-order valence-corrected chi connectivity index (χ3v) is 0. The summed E-state index contributed by atoms with van der Waals surface area (Å²) in [6, 6.07) is 0. The Labute approximate surface area is 113 Å². The van der Waals surface area contributed by atoms with Gasteiger partial charge in [0.05, 0.1) is 0 Å². The van der Waals surface area contributed by atoms with E-state index in [1.165, 1.54) is 0 Å². The van der Waals surface area contributed by atoms with Crippen LogP contribution in [0.3, 0.4) is 0 Å². The van der Waals surface area contributed by atoms with Crippen molar-refractivity contribution in [1.82, 2.24) is 0 Å². The predicted octanol–water partition coefficient (Wildman–Crippen LogP) is -7.50. The van der Waals surface area contributed by atoms with Crippen LogP contribution in [0.2, 0.25) is 0 Å². The molecule has 0 saturated heterocycles. The molecule has 9 nitrogen and oxygen atoms in total. The van der Waals surface area contributed by atoms with Crippen LogP contribution in [0.1, 0.15) is 0 Å². The van der Waals surface area contributed by atoms with Crippen molar-refractivity contribution in [3.8, 4) is 0 Å². The van der Waals surface area contributed by atoms with Crippen LogP contribution in [0.25, 0.3) is 0 Å². The van der Waals surface area contributed by atoms with E-state index in [0.717, 1.165) is 0 Å². The van der Waals surface area contributed by atoms with Gasteiger partial charge in [-0.2, -0.15) is 0 Å². The van der Waals surface area contributed by atoms with Crippen LogP contribution in [0.15, 0.2) is 0 Å². The van der Waals surface area contributed by atoms with E-state index in [2.05, 4.69) is 0 Å². The van der Waals surface area contributed by atoms with E-state index in [9.17, 15) is 0 Å². The molecule has 0 bridgehead atoms. The third-order valence-electron chi connectivity index (χ3n) is 0. The Morgan fingerprint density at radius 2 is 0.500 bits per heavy atom. The van der Waals surface area contributed by atoms with Crippen LogP contribution in [0.5, 0.6) is 0 Å². The Balaban J connectivity index is -0.0000000270. The minimum absolute atomic E-state index is 0. The third kappa shape index (κ3) is 725. The molecule has 0 aliphatic rings. The van der Waals surface area contributed by atoms with E-state index in [4.69, 9.17) is 36.6 Å². The molecule has 0 saturated carbocycles. The van der Waals surface area contributed by atoms with Gasteiger partial charge < -0.3 is 0 Å². The molecule has 91 valence electrons. The average Bonchev–Trinajstić information content (AvgIpc) is 1.54. The zero-order chi connectivity index (χ0) is 10.7. The van der Waals surface area contributed by atoms with Crippen molar-refractivity contribution in [2.24, 2.45) is 0 Å². The van der Waals surface area contributed by atoms with E-state index < -0.39 is 43.5 Å². The summed E-state index contributed by atoms with van der Waals surface area (Å²) in [5, 5.41) is 0. The summed E-state index contributed by atoms with van der Waals surface area (Å²) in [5.74, 6) is 0. The summed E-state index contributed by atoms with van der Waals surface area (Å²) in [5.41, 5.74) is 0. The fraction of sp³-hybridized carbons (Fsp3) is 0. The standard InChI is InChI=1S/2Fe.3Mn.9O/q2*+3;;;;;;;6*-1. The fourth-order valence-electron chi connectivity index (χ4n) is 0. The molecular weight excluding hydrogens is 420 g/mol. The van der Waals surface area contributed by atoms with E-state index in [0.29, 0.717) is 0 Å². The van der Waals surface area contributed by atoms with Gasteiger partial charge >= 0.3 is 114 Å². The molecule has 0 heterocycles. The normalized spacial score (nSPS) is 7.50. The second kappa shape index (κ2) is 24.1. The van der Waals surface area contributed by atoms with Crippen LogP contribution in [0.4, 0.5) is 0 Å². The van der Waals surface area contributed by atoms with Gasteiger partial charge in [-0.3, -0.25) is 0 Å². The summed E-state index contributed by atoms with van der Waals surface area (Å²) in [4.78, 5) is 0. The van der Waals surface area contributed by atoms with Crippen LogP contribution >= 0.6 is 0 Å². The number of hydrogen-bond acceptors (Lipinski definition) is 9.